The van der Waals surface area contributed by atoms with Gasteiger partial charge in [0.2, 0.25) is 0 Å². The molecule has 0 atom stereocenters. The first-order valence-electron chi connectivity index (χ1n) is 6.67. The molecule has 0 aliphatic heterocycles. The van der Waals surface area contributed by atoms with E-state index in [0.717, 1.165) is 12.1 Å². The molecule has 1 aromatic carbocycles. The first-order chi connectivity index (χ1) is 12.2. The van der Waals surface area contributed by atoms with Crippen LogP contribution in [0.2, 0.25) is 0 Å². The number of hydrogen-bond donors (Lipinski definition) is 0. The van der Waals surface area contributed by atoms with Crippen LogP contribution in [0.4, 0.5) is 40.8 Å². The maximum absolute atomic E-state index is 13.2. The fourth-order valence-corrected chi connectivity index (χ4v) is 1.55. The Morgan fingerprint density at radius 3 is 2.19 bits per heavy atom. The molecule has 14 heteroatoms. The third-order valence-corrected chi connectivity index (χ3v) is 2.97. The van der Waals surface area contributed by atoms with E-state index < -0.39 is 59.7 Å². The highest BCUT2D eigenvalue weighted by Crippen LogP contribution is 2.48. The van der Waals surface area contributed by atoms with Crippen LogP contribution < -0.4 is 4.74 Å². The average Bonchev–Trinajstić information content (AvgIpc) is 2.57. The van der Waals surface area contributed by atoms with Crippen LogP contribution in [0.3, 0.4) is 0 Å². The Balaban J connectivity index is 2.73. The fraction of sp³-hybridized carbons (Fsp3) is 0.462. The molecule has 0 aliphatic carbocycles. The van der Waals surface area contributed by atoms with E-state index in [1.54, 1.807) is 0 Å². The Labute approximate surface area is 144 Å². The van der Waals surface area contributed by atoms with E-state index in [1.807, 2.05) is 0 Å². The number of nitro benzene ring substituents is 1. The Hall–Kier alpha value is -2.67. The normalized spacial score (nSPS) is 12.8. The minimum Gasteiger partial charge on any atom is -0.475 e. The number of halogens is 8. The topological polar surface area (TPSA) is 78.7 Å². The molecule has 0 radical (unpaired) electrons. The Bertz CT molecular complexity index is 697. The molecule has 6 nitrogen and oxygen atoms in total. The average molecular weight is 411 g/mol. The summed E-state index contributed by atoms with van der Waals surface area (Å²) in [5, 5.41) is 10.7. The molecule has 0 aromatic heterocycles. The second kappa shape index (κ2) is 7.92. The second-order valence-corrected chi connectivity index (χ2v) is 4.88. The van der Waals surface area contributed by atoms with Gasteiger partial charge in [0.05, 0.1) is 4.92 Å². The van der Waals surface area contributed by atoms with Crippen molar-refractivity contribution in [2.45, 2.75) is 24.2 Å². The summed E-state index contributed by atoms with van der Waals surface area (Å²) < 4.78 is 110. The summed E-state index contributed by atoms with van der Waals surface area (Å²) in [5.74, 6) is -21.0. The van der Waals surface area contributed by atoms with E-state index in [4.69, 9.17) is 0 Å². The quantitative estimate of drug-likeness (QED) is 0.268. The van der Waals surface area contributed by atoms with E-state index >= 15 is 0 Å². The fourth-order valence-electron chi connectivity index (χ4n) is 1.55. The molecule has 0 fully saturated rings. The summed E-state index contributed by atoms with van der Waals surface area (Å²) in [4.78, 5) is 21.0. The van der Waals surface area contributed by atoms with E-state index in [2.05, 4.69) is 9.47 Å². The minimum absolute atomic E-state index is 0.499. The van der Waals surface area contributed by atoms with Gasteiger partial charge in [0.1, 0.15) is 0 Å². The predicted octanol–water partition coefficient (Wildman–Crippen LogP) is 3.69. The maximum Gasteiger partial charge on any atom is 0.381 e. The van der Waals surface area contributed by atoms with Crippen molar-refractivity contribution in [3.63, 3.8) is 0 Å². The van der Waals surface area contributed by atoms with Crippen molar-refractivity contribution in [3.8, 4) is 5.75 Å². The van der Waals surface area contributed by atoms with Crippen molar-refractivity contribution in [2.24, 2.45) is 0 Å². The lowest BCUT2D eigenvalue weighted by molar-refractivity contribution is -0.385. The monoisotopic (exact) mass is 411 g/mol. The summed E-state index contributed by atoms with van der Waals surface area (Å²) in [6, 6.07) is 4.45. The number of nitrogens with zero attached hydrogens (tertiary/aromatic N) is 1. The van der Waals surface area contributed by atoms with Gasteiger partial charge in [-0.3, -0.25) is 10.1 Å². The number of ether oxygens (including phenoxy) is 2. The molecule has 0 saturated heterocycles. The molecule has 0 bridgehead atoms. The molecule has 0 amide bonds. The van der Waals surface area contributed by atoms with Gasteiger partial charge in [-0.25, -0.2) is 13.6 Å². The van der Waals surface area contributed by atoms with Crippen LogP contribution >= 0.6 is 0 Å². The highest BCUT2D eigenvalue weighted by Gasteiger charge is 2.75. The summed E-state index contributed by atoms with van der Waals surface area (Å²) in [6.45, 7) is -3.93. The van der Waals surface area contributed by atoms with Crippen LogP contribution in [0.1, 0.15) is 0 Å². The van der Waals surface area contributed by atoms with Gasteiger partial charge in [-0.15, -0.1) is 0 Å². The lowest BCUT2D eigenvalue weighted by Gasteiger charge is -2.31. The Morgan fingerprint density at radius 2 is 1.67 bits per heavy atom. The number of esters is 1. The van der Waals surface area contributed by atoms with Crippen molar-refractivity contribution in [3.05, 3.63) is 34.4 Å². The summed E-state index contributed by atoms with van der Waals surface area (Å²) in [5.41, 5.74) is -0.626. The van der Waals surface area contributed by atoms with Crippen LogP contribution in [-0.4, -0.2) is 48.3 Å². The molecule has 0 N–H and O–H groups in total. The molecular weight excluding hydrogens is 402 g/mol. The van der Waals surface area contributed by atoms with Gasteiger partial charge in [-0.05, 0) is 6.07 Å². The highest BCUT2D eigenvalue weighted by atomic mass is 19.4. The van der Waals surface area contributed by atoms with Crippen molar-refractivity contribution in [2.75, 3.05) is 13.2 Å². The molecule has 0 spiro atoms. The van der Waals surface area contributed by atoms with E-state index in [9.17, 15) is 50.0 Å². The number of rotatable bonds is 9. The zero-order valence-electron chi connectivity index (χ0n) is 12.8. The van der Waals surface area contributed by atoms with E-state index in [0.29, 0.717) is 0 Å². The predicted molar refractivity (Wildman–Crippen MR) is 70.4 cm³/mol. The molecular formula is C13H9F8NO5. The second-order valence-electron chi connectivity index (χ2n) is 4.88. The van der Waals surface area contributed by atoms with Crippen molar-refractivity contribution >= 4 is 11.7 Å². The minimum atomic E-state index is -6.52. The van der Waals surface area contributed by atoms with Crippen molar-refractivity contribution in [1.29, 1.82) is 0 Å². The zero-order valence-corrected chi connectivity index (χ0v) is 12.8. The molecule has 0 saturated carbocycles. The van der Waals surface area contributed by atoms with Gasteiger partial charge >= 0.3 is 35.8 Å². The number of alkyl halides is 8. The SMILES string of the molecule is O=C(COc1ccccc1[N+](=O)[O-])OCC(F)(F)C(F)(F)C(F)(F)C(F)F. The van der Waals surface area contributed by atoms with Gasteiger partial charge in [-0.2, -0.15) is 26.3 Å². The molecule has 152 valence electrons. The van der Waals surface area contributed by atoms with Gasteiger partial charge in [-0.1, -0.05) is 12.1 Å². The number of carbonyl (C=O) groups excluding carboxylic acids is 1. The van der Waals surface area contributed by atoms with Gasteiger partial charge < -0.3 is 9.47 Å². The van der Waals surface area contributed by atoms with Crippen molar-refractivity contribution < 1.29 is 54.3 Å². The van der Waals surface area contributed by atoms with Crippen LogP contribution in [0.15, 0.2) is 24.3 Å². The third kappa shape index (κ3) is 4.74. The Morgan fingerprint density at radius 1 is 1.11 bits per heavy atom. The zero-order chi connectivity index (χ0) is 21.0. The van der Waals surface area contributed by atoms with Crippen LogP contribution in [0, 0.1) is 10.1 Å². The molecule has 0 unspecified atom stereocenters. The van der Waals surface area contributed by atoms with E-state index in [1.165, 1.54) is 12.1 Å². The van der Waals surface area contributed by atoms with Crippen LogP contribution in [0.5, 0.6) is 5.75 Å². The number of para-hydroxylation sites is 2. The molecule has 1 aromatic rings. The van der Waals surface area contributed by atoms with Gasteiger partial charge in [0.15, 0.2) is 19.0 Å². The number of benzene rings is 1. The van der Waals surface area contributed by atoms with Gasteiger partial charge in [0.25, 0.3) is 0 Å². The van der Waals surface area contributed by atoms with Crippen LogP contribution in [0.25, 0.3) is 0 Å². The molecule has 0 heterocycles. The molecule has 1 rings (SSSR count). The van der Waals surface area contributed by atoms with Crippen LogP contribution in [-0.2, 0) is 9.53 Å². The molecule has 27 heavy (non-hydrogen) atoms. The first-order valence-corrected chi connectivity index (χ1v) is 6.67. The summed E-state index contributed by atoms with van der Waals surface area (Å²) in [7, 11) is 0. The lowest BCUT2D eigenvalue weighted by atomic mass is 10.1. The number of nitro groups is 1. The number of carbonyl (C=O) groups is 1. The lowest BCUT2D eigenvalue weighted by Crippen LogP contribution is -2.59. The molecule has 0 aliphatic rings. The first kappa shape index (κ1) is 22.4. The maximum atomic E-state index is 13.2. The standard InChI is InChI=1S/C13H9F8NO5/c14-10(15)12(18,19)13(20,21)11(16,17)6-27-9(23)5-26-8-4-2-1-3-7(8)22(24)25/h1-4,10H,5-6H2. The van der Waals surface area contributed by atoms with Crippen molar-refractivity contribution in [1.82, 2.24) is 0 Å². The summed E-state index contributed by atoms with van der Waals surface area (Å²) >= 11 is 0. The number of hydrogen-bond acceptors (Lipinski definition) is 5. The van der Waals surface area contributed by atoms with E-state index in [-0.39, 0.29) is 0 Å². The van der Waals surface area contributed by atoms with Gasteiger partial charge in [0, 0.05) is 6.07 Å². The highest BCUT2D eigenvalue weighted by molar-refractivity contribution is 5.71. The smallest absolute Gasteiger partial charge is 0.381 e. The largest absolute Gasteiger partial charge is 0.475 e. The summed E-state index contributed by atoms with van der Waals surface area (Å²) in [6.07, 6.45) is -5.10. The third-order valence-electron chi connectivity index (χ3n) is 2.97. The Kier molecular flexibility index (Phi) is 6.56.